The fourth-order valence-corrected chi connectivity index (χ4v) is 3.40. The Balaban J connectivity index is 1.55. The summed E-state index contributed by atoms with van der Waals surface area (Å²) in [4.78, 5) is 12.5. The molecular formula is C18H16BrN3O4. The quantitative estimate of drug-likeness (QED) is 0.680. The summed E-state index contributed by atoms with van der Waals surface area (Å²) in [5, 5.41) is 10.7. The summed E-state index contributed by atoms with van der Waals surface area (Å²) in [6.07, 6.45) is 0.196. The van der Waals surface area contributed by atoms with Crippen LogP contribution in [0.1, 0.15) is 5.56 Å². The molecule has 0 fully saturated rings. The maximum atomic E-state index is 12.5. The maximum Gasteiger partial charge on any atom is 0.230 e. The summed E-state index contributed by atoms with van der Waals surface area (Å²) in [5.74, 6) is 2.23. The lowest BCUT2D eigenvalue weighted by Gasteiger charge is -2.18. The van der Waals surface area contributed by atoms with Crippen molar-refractivity contribution < 1.29 is 19.0 Å². The molecule has 0 saturated heterocycles. The maximum absolute atomic E-state index is 12.5. The molecule has 4 rings (SSSR count). The molecule has 2 N–H and O–H groups in total. The molecule has 8 heteroatoms. The first-order valence-corrected chi connectivity index (χ1v) is 8.84. The highest BCUT2D eigenvalue weighted by molar-refractivity contribution is 9.10. The van der Waals surface area contributed by atoms with Gasteiger partial charge in [-0.2, -0.15) is 5.10 Å². The standard InChI is InChI=1S/C18H16BrN3O4/c1-24-17-11(19)3-4-12-16(17)18(22-21-12)20-15(23)9-10-2-5-13-14(8-10)26-7-6-25-13/h2-5,8H,6-7,9H2,1H3,(H2,20,21,22,23). The summed E-state index contributed by atoms with van der Waals surface area (Å²) >= 11 is 3.45. The average molecular weight is 418 g/mol. The Labute approximate surface area is 157 Å². The SMILES string of the molecule is COc1c(Br)ccc2[nH]nc(NC(=O)Cc3ccc4c(c3)OCCO4)c12. The molecular weight excluding hydrogens is 402 g/mol. The molecule has 1 amide bonds. The zero-order chi connectivity index (χ0) is 18.1. The monoisotopic (exact) mass is 417 g/mol. The van der Waals surface area contributed by atoms with Crippen LogP contribution in [0.25, 0.3) is 10.9 Å². The van der Waals surface area contributed by atoms with E-state index in [0.717, 1.165) is 20.9 Å². The molecule has 2 aromatic carbocycles. The van der Waals surface area contributed by atoms with Gasteiger partial charge in [-0.25, -0.2) is 0 Å². The number of methoxy groups -OCH3 is 1. The molecule has 0 aliphatic carbocycles. The predicted octanol–water partition coefficient (Wildman–Crippen LogP) is 3.29. The average Bonchev–Trinajstić information content (AvgIpc) is 3.04. The first-order chi connectivity index (χ1) is 12.7. The van der Waals surface area contributed by atoms with Gasteiger partial charge in [0.15, 0.2) is 17.3 Å². The van der Waals surface area contributed by atoms with Crippen LogP contribution in [0.2, 0.25) is 0 Å². The topological polar surface area (TPSA) is 85.5 Å². The Morgan fingerprint density at radius 1 is 1.27 bits per heavy atom. The van der Waals surface area contributed by atoms with Crippen molar-refractivity contribution in [2.45, 2.75) is 6.42 Å². The lowest BCUT2D eigenvalue weighted by molar-refractivity contribution is -0.115. The number of ether oxygens (including phenoxy) is 3. The molecule has 1 aliphatic rings. The number of nitrogens with zero attached hydrogens (tertiary/aromatic N) is 1. The van der Waals surface area contributed by atoms with Gasteiger partial charge in [-0.3, -0.25) is 9.89 Å². The Hall–Kier alpha value is -2.74. The number of carbonyl (C=O) groups excluding carboxylic acids is 1. The van der Waals surface area contributed by atoms with E-state index in [4.69, 9.17) is 14.2 Å². The largest absolute Gasteiger partial charge is 0.495 e. The molecule has 26 heavy (non-hydrogen) atoms. The first kappa shape index (κ1) is 16.7. The van der Waals surface area contributed by atoms with Crippen LogP contribution in [0, 0.1) is 0 Å². The number of aromatic nitrogens is 2. The summed E-state index contributed by atoms with van der Waals surface area (Å²) in [6, 6.07) is 9.23. The number of H-pyrrole nitrogens is 1. The Morgan fingerprint density at radius 3 is 2.88 bits per heavy atom. The van der Waals surface area contributed by atoms with Gasteiger partial charge in [0.25, 0.3) is 0 Å². The van der Waals surface area contributed by atoms with E-state index >= 15 is 0 Å². The fraction of sp³-hybridized carbons (Fsp3) is 0.222. The molecule has 0 saturated carbocycles. The number of rotatable bonds is 4. The van der Waals surface area contributed by atoms with Gasteiger partial charge in [0.2, 0.25) is 5.91 Å². The molecule has 3 aromatic rings. The molecule has 0 radical (unpaired) electrons. The third-order valence-electron chi connectivity index (χ3n) is 4.07. The second kappa shape index (κ2) is 6.87. The fourth-order valence-electron chi connectivity index (χ4n) is 2.91. The minimum atomic E-state index is -0.183. The third-order valence-corrected chi connectivity index (χ3v) is 4.69. The van der Waals surface area contributed by atoms with E-state index in [9.17, 15) is 4.79 Å². The number of amides is 1. The lowest BCUT2D eigenvalue weighted by Crippen LogP contribution is -2.17. The smallest absolute Gasteiger partial charge is 0.230 e. The number of nitrogens with one attached hydrogen (secondary N) is 2. The molecule has 134 valence electrons. The van der Waals surface area contributed by atoms with Crippen molar-refractivity contribution in [3.8, 4) is 17.2 Å². The minimum absolute atomic E-state index is 0.183. The first-order valence-electron chi connectivity index (χ1n) is 8.04. The van der Waals surface area contributed by atoms with E-state index < -0.39 is 0 Å². The van der Waals surface area contributed by atoms with Gasteiger partial charge in [0.1, 0.15) is 19.0 Å². The number of aromatic amines is 1. The molecule has 0 unspecified atom stereocenters. The van der Waals surface area contributed by atoms with Crippen LogP contribution >= 0.6 is 15.9 Å². The summed E-state index contributed by atoms with van der Waals surface area (Å²) in [7, 11) is 1.58. The molecule has 1 aromatic heterocycles. The molecule has 0 spiro atoms. The highest BCUT2D eigenvalue weighted by Crippen LogP contribution is 2.37. The van der Waals surface area contributed by atoms with E-state index in [-0.39, 0.29) is 12.3 Å². The minimum Gasteiger partial charge on any atom is -0.495 e. The van der Waals surface area contributed by atoms with Crippen molar-refractivity contribution in [3.05, 3.63) is 40.4 Å². The summed E-state index contributed by atoms with van der Waals surface area (Å²) in [5.41, 5.74) is 1.61. The Kier molecular flexibility index (Phi) is 4.42. The number of halogens is 1. The number of carbonyl (C=O) groups is 1. The van der Waals surface area contributed by atoms with E-state index in [1.54, 1.807) is 7.11 Å². The van der Waals surface area contributed by atoms with Crippen LogP contribution in [0.15, 0.2) is 34.8 Å². The van der Waals surface area contributed by atoms with Crippen LogP contribution in [0.4, 0.5) is 5.82 Å². The van der Waals surface area contributed by atoms with Gasteiger partial charge in [0.05, 0.1) is 28.9 Å². The van der Waals surface area contributed by atoms with Crippen LogP contribution < -0.4 is 19.5 Å². The van der Waals surface area contributed by atoms with E-state index in [0.29, 0.717) is 36.3 Å². The second-order valence-corrected chi connectivity index (χ2v) is 6.63. The van der Waals surface area contributed by atoms with Crippen LogP contribution in [0.3, 0.4) is 0 Å². The molecule has 7 nitrogen and oxygen atoms in total. The number of fused-ring (bicyclic) bond motifs is 2. The van der Waals surface area contributed by atoms with Crippen molar-refractivity contribution in [1.29, 1.82) is 0 Å². The Bertz CT molecular complexity index is 986. The molecule has 0 atom stereocenters. The molecule has 0 bridgehead atoms. The number of benzene rings is 2. The molecule has 2 heterocycles. The highest BCUT2D eigenvalue weighted by atomic mass is 79.9. The zero-order valence-corrected chi connectivity index (χ0v) is 15.6. The normalized spacial score (nSPS) is 12.8. The van der Waals surface area contributed by atoms with Crippen molar-refractivity contribution in [1.82, 2.24) is 10.2 Å². The van der Waals surface area contributed by atoms with Crippen molar-refractivity contribution in [2.24, 2.45) is 0 Å². The van der Waals surface area contributed by atoms with Gasteiger partial charge in [-0.05, 0) is 45.8 Å². The lowest BCUT2D eigenvalue weighted by atomic mass is 10.1. The van der Waals surface area contributed by atoms with Crippen molar-refractivity contribution >= 4 is 38.6 Å². The highest BCUT2D eigenvalue weighted by Gasteiger charge is 2.17. The van der Waals surface area contributed by atoms with E-state index in [1.807, 2.05) is 30.3 Å². The van der Waals surface area contributed by atoms with Gasteiger partial charge < -0.3 is 19.5 Å². The van der Waals surface area contributed by atoms with Gasteiger partial charge in [0, 0.05) is 0 Å². The van der Waals surface area contributed by atoms with Crippen molar-refractivity contribution in [3.63, 3.8) is 0 Å². The summed E-state index contributed by atoms with van der Waals surface area (Å²) in [6.45, 7) is 1.05. The third kappa shape index (κ3) is 3.08. The van der Waals surface area contributed by atoms with Gasteiger partial charge >= 0.3 is 0 Å². The van der Waals surface area contributed by atoms with E-state index in [1.165, 1.54) is 0 Å². The van der Waals surface area contributed by atoms with Crippen LogP contribution in [-0.2, 0) is 11.2 Å². The summed E-state index contributed by atoms with van der Waals surface area (Å²) < 4.78 is 17.3. The predicted molar refractivity (Wildman–Crippen MR) is 100 cm³/mol. The van der Waals surface area contributed by atoms with Crippen LogP contribution in [-0.4, -0.2) is 36.4 Å². The van der Waals surface area contributed by atoms with E-state index in [2.05, 4.69) is 31.4 Å². The number of hydrogen-bond acceptors (Lipinski definition) is 5. The van der Waals surface area contributed by atoms with Crippen LogP contribution in [0.5, 0.6) is 17.2 Å². The second-order valence-electron chi connectivity index (χ2n) is 5.78. The van der Waals surface area contributed by atoms with Crippen molar-refractivity contribution in [2.75, 3.05) is 25.6 Å². The zero-order valence-electron chi connectivity index (χ0n) is 14.0. The molecule has 1 aliphatic heterocycles. The van der Waals surface area contributed by atoms with Gasteiger partial charge in [-0.15, -0.1) is 0 Å². The number of anilines is 1. The van der Waals surface area contributed by atoms with Gasteiger partial charge in [-0.1, -0.05) is 6.07 Å². The Morgan fingerprint density at radius 2 is 2.08 bits per heavy atom. The number of hydrogen-bond donors (Lipinski definition) is 2.